The molecule has 0 saturated carbocycles. The number of rotatable bonds is 1. The lowest BCUT2D eigenvalue weighted by Gasteiger charge is -2.38. The van der Waals surface area contributed by atoms with Crippen molar-refractivity contribution in [1.29, 1.82) is 0 Å². The van der Waals surface area contributed by atoms with E-state index in [0.29, 0.717) is 0 Å². The minimum absolute atomic E-state index is 0.0222. The van der Waals surface area contributed by atoms with E-state index >= 15 is 0 Å². The fourth-order valence-electron chi connectivity index (χ4n) is 2.65. The van der Waals surface area contributed by atoms with Gasteiger partial charge in [-0.25, -0.2) is 0 Å². The molecule has 0 amide bonds. The van der Waals surface area contributed by atoms with Gasteiger partial charge in [-0.3, -0.25) is 0 Å². The van der Waals surface area contributed by atoms with Crippen LogP contribution in [0.25, 0.3) is 0 Å². The number of methoxy groups -OCH3 is 1. The summed E-state index contributed by atoms with van der Waals surface area (Å²) in [5.74, 6) is 4.02. The van der Waals surface area contributed by atoms with Crippen molar-refractivity contribution in [3.8, 4) is 11.5 Å². The van der Waals surface area contributed by atoms with Crippen LogP contribution in [0.15, 0.2) is 18.2 Å². The van der Waals surface area contributed by atoms with Gasteiger partial charge in [0.25, 0.3) is 0 Å². The Morgan fingerprint density at radius 3 is 3.12 bits per heavy atom. The Labute approximate surface area is 106 Å². The summed E-state index contributed by atoms with van der Waals surface area (Å²) in [4.78, 5) is 0. The lowest BCUT2D eigenvalue weighted by Crippen LogP contribution is -2.42. The Hall–Kier alpha value is -0.870. The van der Waals surface area contributed by atoms with Crippen molar-refractivity contribution in [3.05, 3.63) is 23.8 Å². The summed E-state index contributed by atoms with van der Waals surface area (Å²) < 4.78 is 11.4. The van der Waals surface area contributed by atoms with Gasteiger partial charge in [0.15, 0.2) is 0 Å². The largest absolute Gasteiger partial charge is 0.497 e. The van der Waals surface area contributed by atoms with Gasteiger partial charge in [-0.2, -0.15) is 11.8 Å². The van der Waals surface area contributed by atoms with E-state index in [1.54, 1.807) is 7.11 Å². The van der Waals surface area contributed by atoms with Crippen molar-refractivity contribution in [3.63, 3.8) is 0 Å². The third kappa shape index (κ3) is 1.89. The first kappa shape index (κ1) is 11.2. The van der Waals surface area contributed by atoms with Gasteiger partial charge in [-0.15, -0.1) is 0 Å². The van der Waals surface area contributed by atoms with E-state index in [2.05, 4.69) is 0 Å². The molecule has 1 spiro atoms. The minimum atomic E-state index is -0.0222. The van der Waals surface area contributed by atoms with Gasteiger partial charge in [-0.05, 0) is 30.4 Å². The molecule has 3 rings (SSSR count). The van der Waals surface area contributed by atoms with E-state index in [4.69, 9.17) is 15.2 Å². The molecule has 2 aliphatic rings. The van der Waals surface area contributed by atoms with Gasteiger partial charge < -0.3 is 15.2 Å². The SMILES string of the molecule is COc1ccc2c(c1)[C@@H](N)CC1(CCSC1)O2. The summed E-state index contributed by atoms with van der Waals surface area (Å²) in [7, 11) is 1.67. The molecule has 2 atom stereocenters. The summed E-state index contributed by atoms with van der Waals surface area (Å²) >= 11 is 1.96. The van der Waals surface area contributed by atoms with Crippen LogP contribution in [0.4, 0.5) is 0 Å². The first-order chi connectivity index (χ1) is 8.22. The summed E-state index contributed by atoms with van der Waals surface area (Å²) in [5, 5.41) is 0. The van der Waals surface area contributed by atoms with Crippen LogP contribution in [0.3, 0.4) is 0 Å². The molecule has 2 heterocycles. The number of hydrogen-bond acceptors (Lipinski definition) is 4. The summed E-state index contributed by atoms with van der Waals surface area (Å²) in [5.41, 5.74) is 7.33. The van der Waals surface area contributed by atoms with Crippen LogP contribution in [0.2, 0.25) is 0 Å². The normalized spacial score (nSPS) is 31.1. The first-order valence-corrected chi connectivity index (χ1v) is 7.08. The topological polar surface area (TPSA) is 44.5 Å². The van der Waals surface area contributed by atoms with Gasteiger partial charge in [0.1, 0.15) is 17.1 Å². The Bertz CT molecular complexity index is 429. The number of thioether (sulfide) groups is 1. The molecule has 0 aromatic heterocycles. The zero-order valence-corrected chi connectivity index (χ0v) is 10.8. The summed E-state index contributed by atoms with van der Waals surface area (Å²) in [6, 6.07) is 5.98. The fourth-order valence-corrected chi connectivity index (χ4v) is 4.01. The van der Waals surface area contributed by atoms with Crippen LogP contribution in [0, 0.1) is 0 Å². The molecule has 2 N–H and O–H groups in total. The minimum Gasteiger partial charge on any atom is -0.497 e. The maximum absolute atomic E-state index is 6.28. The molecule has 4 heteroatoms. The van der Waals surface area contributed by atoms with Crippen LogP contribution in [-0.2, 0) is 0 Å². The summed E-state index contributed by atoms with van der Waals surface area (Å²) in [6.07, 6.45) is 2.02. The van der Waals surface area contributed by atoms with Crippen LogP contribution in [-0.4, -0.2) is 24.2 Å². The molecule has 1 unspecified atom stereocenters. The van der Waals surface area contributed by atoms with Crippen molar-refractivity contribution >= 4 is 11.8 Å². The van der Waals surface area contributed by atoms with E-state index in [0.717, 1.165) is 35.7 Å². The zero-order chi connectivity index (χ0) is 11.9. The highest BCUT2D eigenvalue weighted by molar-refractivity contribution is 7.99. The molecule has 1 saturated heterocycles. The van der Waals surface area contributed by atoms with Gasteiger partial charge in [-0.1, -0.05) is 0 Å². The van der Waals surface area contributed by atoms with E-state index in [1.165, 1.54) is 5.75 Å². The Morgan fingerprint density at radius 2 is 2.41 bits per heavy atom. The average molecular weight is 251 g/mol. The van der Waals surface area contributed by atoms with Gasteiger partial charge in [0, 0.05) is 23.8 Å². The lowest BCUT2D eigenvalue weighted by atomic mass is 9.87. The van der Waals surface area contributed by atoms with Gasteiger partial charge in [0.05, 0.1) is 7.11 Å². The van der Waals surface area contributed by atoms with Crippen LogP contribution >= 0.6 is 11.8 Å². The monoisotopic (exact) mass is 251 g/mol. The zero-order valence-electron chi connectivity index (χ0n) is 9.94. The van der Waals surface area contributed by atoms with Crippen LogP contribution in [0.1, 0.15) is 24.4 Å². The van der Waals surface area contributed by atoms with Crippen LogP contribution < -0.4 is 15.2 Å². The molecule has 1 aromatic rings. The third-order valence-corrected chi connectivity index (χ3v) is 4.82. The first-order valence-electron chi connectivity index (χ1n) is 5.93. The average Bonchev–Trinajstić information content (AvgIpc) is 2.77. The molecule has 0 aliphatic carbocycles. The molecule has 2 aliphatic heterocycles. The van der Waals surface area contributed by atoms with Crippen molar-refractivity contribution < 1.29 is 9.47 Å². The van der Waals surface area contributed by atoms with Gasteiger partial charge >= 0.3 is 0 Å². The van der Waals surface area contributed by atoms with E-state index in [-0.39, 0.29) is 11.6 Å². The summed E-state index contributed by atoms with van der Waals surface area (Å²) in [6.45, 7) is 0. The molecule has 92 valence electrons. The Morgan fingerprint density at radius 1 is 1.53 bits per heavy atom. The number of hydrogen-bond donors (Lipinski definition) is 1. The predicted octanol–water partition coefficient (Wildman–Crippen LogP) is 2.35. The fraction of sp³-hybridized carbons (Fsp3) is 0.538. The Balaban J connectivity index is 1.96. The van der Waals surface area contributed by atoms with Gasteiger partial charge in [0.2, 0.25) is 0 Å². The number of ether oxygens (including phenoxy) is 2. The number of benzene rings is 1. The standard InChI is InChI=1S/C13H17NO2S/c1-15-9-2-3-12-10(6-9)11(14)7-13(16-12)4-5-17-8-13/h2-3,6,11H,4-5,7-8,14H2,1H3/t11-,13?/m0/s1. The van der Waals surface area contributed by atoms with E-state index in [9.17, 15) is 0 Å². The van der Waals surface area contributed by atoms with Crippen LogP contribution in [0.5, 0.6) is 11.5 Å². The van der Waals surface area contributed by atoms with Crippen molar-refractivity contribution in [2.24, 2.45) is 5.73 Å². The Kier molecular flexibility index (Phi) is 2.71. The highest BCUT2D eigenvalue weighted by atomic mass is 32.2. The number of nitrogens with two attached hydrogens (primary N) is 1. The molecular weight excluding hydrogens is 234 g/mol. The highest BCUT2D eigenvalue weighted by Gasteiger charge is 2.42. The molecule has 17 heavy (non-hydrogen) atoms. The molecule has 0 radical (unpaired) electrons. The van der Waals surface area contributed by atoms with E-state index in [1.807, 2.05) is 30.0 Å². The predicted molar refractivity (Wildman–Crippen MR) is 69.8 cm³/mol. The molecule has 0 bridgehead atoms. The van der Waals surface area contributed by atoms with Crippen molar-refractivity contribution in [2.45, 2.75) is 24.5 Å². The third-order valence-electron chi connectivity index (χ3n) is 3.60. The lowest BCUT2D eigenvalue weighted by molar-refractivity contribution is 0.0614. The van der Waals surface area contributed by atoms with Crippen molar-refractivity contribution in [2.75, 3.05) is 18.6 Å². The van der Waals surface area contributed by atoms with E-state index < -0.39 is 0 Å². The maximum Gasteiger partial charge on any atom is 0.125 e. The highest BCUT2D eigenvalue weighted by Crippen LogP contribution is 2.45. The second-order valence-electron chi connectivity index (χ2n) is 4.80. The second-order valence-corrected chi connectivity index (χ2v) is 5.91. The second kappa shape index (κ2) is 4.10. The molecular formula is C13H17NO2S. The number of fused-ring (bicyclic) bond motifs is 1. The van der Waals surface area contributed by atoms with Crippen molar-refractivity contribution in [1.82, 2.24) is 0 Å². The smallest absolute Gasteiger partial charge is 0.125 e. The molecule has 1 aromatic carbocycles. The molecule has 3 nitrogen and oxygen atoms in total. The maximum atomic E-state index is 6.28. The molecule has 1 fully saturated rings. The quantitative estimate of drug-likeness (QED) is 0.832.